The van der Waals surface area contributed by atoms with Crippen LogP contribution in [0.5, 0.6) is 0 Å². The van der Waals surface area contributed by atoms with Crippen molar-refractivity contribution in [3.8, 4) is 0 Å². The van der Waals surface area contributed by atoms with Crippen molar-refractivity contribution in [3.63, 3.8) is 0 Å². The van der Waals surface area contributed by atoms with Gasteiger partial charge in [-0.05, 0) is 33.6 Å². The van der Waals surface area contributed by atoms with Crippen LogP contribution in [0.2, 0.25) is 0 Å². The Bertz CT molecular complexity index is 710. The minimum absolute atomic E-state index is 0.114. The van der Waals surface area contributed by atoms with Crippen LogP contribution < -0.4 is 11.3 Å². The number of nitrogens with two attached hydrogens (primary N) is 1. The summed E-state index contributed by atoms with van der Waals surface area (Å²) in [7, 11) is 0. The first-order chi connectivity index (χ1) is 9.67. The smallest absolute Gasteiger partial charge is 0.193 e. The van der Waals surface area contributed by atoms with Gasteiger partial charge in [0.2, 0.25) is 0 Å². The first-order valence-corrected chi connectivity index (χ1v) is 7.67. The van der Waals surface area contributed by atoms with Crippen LogP contribution in [-0.2, 0) is 6.42 Å². The number of halogens is 2. The molecule has 2 heterocycles. The summed E-state index contributed by atoms with van der Waals surface area (Å²) in [6.45, 7) is 0. The van der Waals surface area contributed by atoms with Crippen molar-refractivity contribution >= 4 is 32.2 Å². The second-order valence-corrected chi connectivity index (χ2v) is 6.15. The van der Waals surface area contributed by atoms with Crippen LogP contribution in [-0.4, -0.2) is 9.38 Å². The molecule has 0 radical (unpaired) electrons. The molecule has 0 saturated carbocycles. The van der Waals surface area contributed by atoms with Crippen LogP contribution in [0.1, 0.15) is 17.3 Å². The van der Waals surface area contributed by atoms with Crippen molar-refractivity contribution in [2.24, 2.45) is 5.84 Å². The molecular weight excluding hydrogens is 343 g/mol. The molecule has 0 saturated heterocycles. The summed E-state index contributed by atoms with van der Waals surface area (Å²) in [5, 5.41) is 1.99. The number of nitrogens with one attached hydrogen (secondary N) is 1. The minimum atomic E-state index is -0.285. The van der Waals surface area contributed by atoms with Crippen molar-refractivity contribution < 1.29 is 4.39 Å². The SMILES string of the molecule is NNC(Cc1cn2ccsc2n1)c1ccc(F)c(Br)c1. The lowest BCUT2D eigenvalue weighted by molar-refractivity contribution is 0.544. The molecule has 0 amide bonds. The predicted molar refractivity (Wildman–Crippen MR) is 80.9 cm³/mol. The Labute approximate surface area is 127 Å². The summed E-state index contributed by atoms with van der Waals surface area (Å²) in [5.41, 5.74) is 4.62. The summed E-state index contributed by atoms with van der Waals surface area (Å²) < 4.78 is 15.7. The van der Waals surface area contributed by atoms with Gasteiger partial charge in [0.15, 0.2) is 4.96 Å². The number of hydrogen-bond donors (Lipinski definition) is 2. The van der Waals surface area contributed by atoms with Crippen LogP contribution in [0, 0.1) is 5.82 Å². The van der Waals surface area contributed by atoms with Crippen molar-refractivity contribution in [1.82, 2.24) is 14.8 Å². The summed E-state index contributed by atoms with van der Waals surface area (Å²) in [6, 6.07) is 4.77. The third-order valence-electron chi connectivity index (χ3n) is 3.10. The van der Waals surface area contributed by atoms with E-state index in [1.54, 1.807) is 23.5 Å². The van der Waals surface area contributed by atoms with E-state index >= 15 is 0 Å². The molecule has 0 aliphatic carbocycles. The van der Waals surface area contributed by atoms with Gasteiger partial charge in [-0.15, -0.1) is 11.3 Å². The highest BCUT2D eigenvalue weighted by Gasteiger charge is 2.14. The monoisotopic (exact) mass is 354 g/mol. The van der Waals surface area contributed by atoms with E-state index < -0.39 is 0 Å². The Kier molecular flexibility index (Phi) is 3.84. The Hall–Kier alpha value is -1.28. The molecule has 0 bridgehead atoms. The summed E-state index contributed by atoms with van der Waals surface area (Å²) in [5.74, 6) is 5.33. The van der Waals surface area contributed by atoms with E-state index in [0.717, 1.165) is 16.2 Å². The fraction of sp³-hybridized carbons (Fsp3) is 0.154. The summed E-state index contributed by atoms with van der Waals surface area (Å²) in [4.78, 5) is 5.48. The molecule has 2 aromatic heterocycles. The third-order valence-corrected chi connectivity index (χ3v) is 4.48. The Morgan fingerprint density at radius 3 is 3.05 bits per heavy atom. The average molecular weight is 355 g/mol. The molecule has 3 N–H and O–H groups in total. The highest BCUT2D eigenvalue weighted by molar-refractivity contribution is 9.10. The van der Waals surface area contributed by atoms with E-state index in [0.29, 0.717) is 10.9 Å². The number of aromatic nitrogens is 2. The van der Waals surface area contributed by atoms with Gasteiger partial charge in [0.05, 0.1) is 16.2 Å². The minimum Gasteiger partial charge on any atom is -0.297 e. The molecular formula is C13H12BrFN4S. The van der Waals surface area contributed by atoms with Crippen LogP contribution >= 0.6 is 27.3 Å². The van der Waals surface area contributed by atoms with Gasteiger partial charge in [-0.2, -0.15) is 0 Å². The highest BCUT2D eigenvalue weighted by atomic mass is 79.9. The van der Waals surface area contributed by atoms with Crippen molar-refractivity contribution in [2.75, 3.05) is 0 Å². The van der Waals surface area contributed by atoms with Gasteiger partial charge in [0.1, 0.15) is 5.82 Å². The highest BCUT2D eigenvalue weighted by Crippen LogP contribution is 2.24. The van der Waals surface area contributed by atoms with Crippen LogP contribution in [0.25, 0.3) is 4.96 Å². The van der Waals surface area contributed by atoms with E-state index in [4.69, 9.17) is 5.84 Å². The van der Waals surface area contributed by atoms with Crippen molar-refractivity contribution in [3.05, 3.63) is 57.5 Å². The van der Waals surface area contributed by atoms with E-state index in [1.165, 1.54) is 6.07 Å². The number of rotatable bonds is 4. The fourth-order valence-corrected chi connectivity index (χ4v) is 3.20. The van der Waals surface area contributed by atoms with Gasteiger partial charge in [0.25, 0.3) is 0 Å². The largest absolute Gasteiger partial charge is 0.297 e. The molecule has 0 aliphatic heterocycles. The lowest BCUT2D eigenvalue weighted by Crippen LogP contribution is -2.29. The average Bonchev–Trinajstić information content (AvgIpc) is 3.00. The van der Waals surface area contributed by atoms with Gasteiger partial charge >= 0.3 is 0 Å². The molecule has 104 valence electrons. The molecule has 1 atom stereocenters. The van der Waals surface area contributed by atoms with Gasteiger partial charge in [-0.1, -0.05) is 6.07 Å². The lowest BCUT2D eigenvalue weighted by Gasteiger charge is -2.15. The number of thiazole rings is 1. The predicted octanol–water partition coefficient (Wildman–Crippen LogP) is 3.04. The van der Waals surface area contributed by atoms with Gasteiger partial charge < -0.3 is 0 Å². The van der Waals surface area contributed by atoms with Crippen molar-refractivity contribution in [1.29, 1.82) is 0 Å². The van der Waals surface area contributed by atoms with Gasteiger partial charge in [-0.3, -0.25) is 15.7 Å². The molecule has 1 unspecified atom stereocenters. The Morgan fingerprint density at radius 2 is 2.35 bits per heavy atom. The third kappa shape index (κ3) is 2.62. The van der Waals surface area contributed by atoms with E-state index in [9.17, 15) is 4.39 Å². The quantitative estimate of drug-likeness (QED) is 0.559. The van der Waals surface area contributed by atoms with Crippen molar-refractivity contribution in [2.45, 2.75) is 12.5 Å². The van der Waals surface area contributed by atoms with E-state index in [1.807, 2.05) is 22.2 Å². The molecule has 4 nitrogen and oxygen atoms in total. The van der Waals surface area contributed by atoms with Crippen LogP contribution in [0.15, 0.2) is 40.4 Å². The molecule has 0 fully saturated rings. The van der Waals surface area contributed by atoms with Gasteiger partial charge in [0, 0.05) is 24.2 Å². The maximum atomic E-state index is 13.3. The number of hydrogen-bond acceptors (Lipinski definition) is 4. The van der Waals surface area contributed by atoms with E-state index in [-0.39, 0.29) is 11.9 Å². The number of imidazole rings is 1. The van der Waals surface area contributed by atoms with E-state index in [2.05, 4.69) is 26.3 Å². The van der Waals surface area contributed by atoms with Crippen LogP contribution in [0.4, 0.5) is 4.39 Å². The zero-order chi connectivity index (χ0) is 14.1. The zero-order valence-electron chi connectivity index (χ0n) is 10.4. The number of hydrazine groups is 1. The number of fused-ring (bicyclic) bond motifs is 1. The molecule has 7 heteroatoms. The standard InChI is InChI=1S/C13H12BrFN4S/c14-10-5-8(1-2-11(10)15)12(18-16)6-9-7-19-3-4-20-13(19)17-9/h1-5,7,12,18H,6,16H2. The first-order valence-electron chi connectivity index (χ1n) is 5.99. The molecule has 3 rings (SSSR count). The summed E-state index contributed by atoms with van der Waals surface area (Å²) >= 11 is 4.78. The number of nitrogens with zero attached hydrogens (tertiary/aromatic N) is 2. The number of benzene rings is 1. The second kappa shape index (κ2) is 5.61. The maximum Gasteiger partial charge on any atom is 0.193 e. The second-order valence-electron chi connectivity index (χ2n) is 4.42. The molecule has 3 aromatic rings. The molecule has 0 spiro atoms. The summed E-state index contributed by atoms with van der Waals surface area (Å²) in [6.07, 6.45) is 4.59. The van der Waals surface area contributed by atoms with Gasteiger partial charge in [-0.25, -0.2) is 9.37 Å². The van der Waals surface area contributed by atoms with Crippen LogP contribution in [0.3, 0.4) is 0 Å². The lowest BCUT2D eigenvalue weighted by atomic mass is 10.0. The first kappa shape index (κ1) is 13.7. The molecule has 1 aromatic carbocycles. The molecule has 0 aliphatic rings. The Morgan fingerprint density at radius 1 is 1.50 bits per heavy atom. The Balaban J connectivity index is 1.85. The topological polar surface area (TPSA) is 55.3 Å². The molecule has 20 heavy (non-hydrogen) atoms. The normalized spacial score (nSPS) is 12.9. The zero-order valence-corrected chi connectivity index (χ0v) is 12.8. The maximum absolute atomic E-state index is 13.3. The fourth-order valence-electron chi connectivity index (χ4n) is 2.09.